The van der Waals surface area contributed by atoms with E-state index in [2.05, 4.69) is 198 Å². The van der Waals surface area contributed by atoms with Gasteiger partial charge in [0, 0.05) is 25.7 Å². The van der Waals surface area contributed by atoms with Crippen LogP contribution in [-0.4, -0.2) is 96.7 Å². The van der Waals surface area contributed by atoms with Crippen LogP contribution in [0, 0.1) is 0 Å². The van der Waals surface area contributed by atoms with Crippen molar-refractivity contribution in [1.82, 2.24) is 0 Å². The van der Waals surface area contributed by atoms with Crippen molar-refractivity contribution in [3.63, 3.8) is 0 Å². The summed E-state index contributed by atoms with van der Waals surface area (Å²) in [6.07, 6.45) is 97.4. The molecule has 0 bridgehead atoms. The van der Waals surface area contributed by atoms with Crippen molar-refractivity contribution in [2.45, 2.75) is 341 Å². The molecule has 5 unspecified atom stereocenters. The van der Waals surface area contributed by atoms with Crippen LogP contribution in [-0.2, 0) is 65.4 Å². The first-order chi connectivity index (χ1) is 53.7. The van der Waals surface area contributed by atoms with E-state index in [1.165, 1.54) is 44.9 Å². The maximum atomic E-state index is 13.1. The number of carbonyl (C=O) groups is 4. The quantitative estimate of drug-likeness (QED) is 0.0169. The molecule has 19 heteroatoms. The Balaban J connectivity index is 5.46. The molecule has 0 aliphatic carbocycles. The standard InChI is InChI=1S/C91H150O17P2/c1-5-9-13-17-21-25-29-33-36-39-42-45-48-52-55-59-63-67-71-75-88(93)101-81-86(107-90(95)77-73-69-65-61-57-51-32-28-24-20-16-12-8-4)83-105-109(97,98)103-79-85(92)80-104-110(99,100)106-84-87(108-91(96)78-74-70-66-62-58-54-50-47-44-41-38-35-31-27-23-19-15-11-7-3)82-102-89(94)76-72-68-64-60-56-53-49-46-43-40-37-34-30-26-22-18-14-10-6-2/h10-11,14-15,21-23,25-28,32-38,42-47,53-54,56,58,85-87,92H,5-9,12-13,16-20,24,29-31,39-41,48-52,55,57,59-84H2,1-4H3,(H,97,98)(H,99,100)/b14-10-,15-11-,25-21-,26-22-,27-23-,32-28-,36-33-,37-34-,38-35-,45-42-,46-43-,47-44-,56-53-,58-54-. The number of esters is 4. The number of phosphoric acid groups is 2. The van der Waals surface area contributed by atoms with Crippen molar-refractivity contribution in [2.24, 2.45) is 0 Å². The third-order valence-corrected chi connectivity index (χ3v) is 19.0. The van der Waals surface area contributed by atoms with Crippen LogP contribution >= 0.6 is 15.6 Å². The van der Waals surface area contributed by atoms with Crippen molar-refractivity contribution < 1.29 is 80.2 Å². The lowest BCUT2D eigenvalue weighted by Gasteiger charge is -2.21. The topological polar surface area (TPSA) is 237 Å². The smallest absolute Gasteiger partial charge is 0.462 e. The molecule has 0 heterocycles. The zero-order valence-corrected chi connectivity index (χ0v) is 70.4. The molecule has 0 aliphatic rings. The van der Waals surface area contributed by atoms with Gasteiger partial charge in [-0.05, 0) is 180 Å². The molecule has 3 N–H and O–H groups in total. The van der Waals surface area contributed by atoms with Gasteiger partial charge in [0.05, 0.1) is 26.4 Å². The molecule has 0 fully saturated rings. The summed E-state index contributed by atoms with van der Waals surface area (Å²) in [5.74, 6) is -2.28. The van der Waals surface area contributed by atoms with Gasteiger partial charge in [-0.15, -0.1) is 0 Å². The van der Waals surface area contributed by atoms with Gasteiger partial charge in [-0.2, -0.15) is 0 Å². The summed E-state index contributed by atoms with van der Waals surface area (Å²) in [7, 11) is -10.0. The van der Waals surface area contributed by atoms with Gasteiger partial charge in [0.2, 0.25) is 0 Å². The second-order valence-corrected chi connectivity index (χ2v) is 30.6. The molecule has 626 valence electrons. The van der Waals surface area contributed by atoms with Crippen LogP contribution in [0.5, 0.6) is 0 Å². The fraction of sp³-hybridized carbons (Fsp3) is 0.648. The number of phosphoric ester groups is 2. The maximum absolute atomic E-state index is 13.1. The minimum absolute atomic E-state index is 0.0415. The third-order valence-electron chi connectivity index (χ3n) is 17.1. The normalized spacial score (nSPS) is 14.6. The molecule has 0 aromatic rings. The van der Waals surface area contributed by atoms with Gasteiger partial charge in [-0.1, -0.05) is 288 Å². The molecule has 0 saturated carbocycles. The highest BCUT2D eigenvalue weighted by atomic mass is 31.2. The van der Waals surface area contributed by atoms with E-state index in [9.17, 15) is 43.2 Å². The molecular weight excluding hydrogens is 1430 g/mol. The summed E-state index contributed by atoms with van der Waals surface area (Å²) in [6.45, 7) is 4.51. The number of allylic oxidation sites excluding steroid dienone is 28. The van der Waals surface area contributed by atoms with Crippen LogP contribution in [0.1, 0.15) is 323 Å². The second-order valence-electron chi connectivity index (χ2n) is 27.6. The Morgan fingerprint density at radius 3 is 0.764 bits per heavy atom. The first-order valence-electron chi connectivity index (χ1n) is 42.4. The summed E-state index contributed by atoms with van der Waals surface area (Å²) in [5.41, 5.74) is 0. The monoisotopic (exact) mass is 1580 g/mol. The van der Waals surface area contributed by atoms with Crippen LogP contribution in [0.4, 0.5) is 0 Å². The van der Waals surface area contributed by atoms with Gasteiger partial charge in [0.15, 0.2) is 12.2 Å². The van der Waals surface area contributed by atoms with E-state index >= 15 is 0 Å². The lowest BCUT2D eigenvalue weighted by molar-refractivity contribution is -0.161. The van der Waals surface area contributed by atoms with Gasteiger partial charge in [-0.25, -0.2) is 9.13 Å². The molecule has 0 saturated heterocycles. The van der Waals surface area contributed by atoms with Crippen molar-refractivity contribution >= 4 is 39.5 Å². The number of rotatable bonds is 78. The summed E-state index contributed by atoms with van der Waals surface area (Å²) in [5, 5.41) is 10.7. The molecule has 110 heavy (non-hydrogen) atoms. The van der Waals surface area contributed by atoms with E-state index < -0.39 is 97.5 Å². The molecule has 0 amide bonds. The molecule has 17 nitrogen and oxygen atoms in total. The van der Waals surface area contributed by atoms with Gasteiger partial charge in [0.25, 0.3) is 0 Å². The van der Waals surface area contributed by atoms with Gasteiger partial charge >= 0.3 is 39.5 Å². The van der Waals surface area contributed by atoms with Gasteiger partial charge in [-0.3, -0.25) is 37.3 Å². The Hall–Kier alpha value is -5.58. The molecule has 0 spiro atoms. The first kappa shape index (κ1) is 104. The van der Waals surface area contributed by atoms with Crippen molar-refractivity contribution in [3.05, 3.63) is 170 Å². The van der Waals surface area contributed by atoms with Crippen molar-refractivity contribution in [1.29, 1.82) is 0 Å². The number of carbonyl (C=O) groups excluding carboxylic acids is 4. The predicted octanol–water partition coefficient (Wildman–Crippen LogP) is 25.3. The van der Waals surface area contributed by atoms with Crippen LogP contribution in [0.15, 0.2) is 170 Å². The minimum atomic E-state index is -5.01. The maximum Gasteiger partial charge on any atom is 0.472 e. The van der Waals surface area contributed by atoms with Crippen molar-refractivity contribution in [3.8, 4) is 0 Å². The molecule has 5 atom stereocenters. The Labute approximate surface area is 667 Å². The van der Waals surface area contributed by atoms with E-state index in [4.69, 9.17) is 37.0 Å². The summed E-state index contributed by atoms with van der Waals surface area (Å²) < 4.78 is 68.7. The summed E-state index contributed by atoms with van der Waals surface area (Å²) in [6, 6.07) is 0. The number of aliphatic hydroxyl groups excluding tert-OH is 1. The zero-order chi connectivity index (χ0) is 80.3. The molecular formula is C91H150O17P2. The Morgan fingerprint density at radius 2 is 0.473 bits per heavy atom. The third kappa shape index (κ3) is 80.5. The lowest BCUT2D eigenvalue weighted by atomic mass is 10.1. The number of ether oxygens (including phenoxy) is 4. The molecule has 0 aromatic carbocycles. The Kier molecular flexibility index (Phi) is 77.3. The SMILES string of the molecule is CC/C=C\C/C=C\C/C=C\C/C=C\C/C=C\CCCCCC(=O)OCC(COP(=O)(O)OCC(O)COP(=O)(O)OCC(COC(=O)CCCCCCCC/C=C\C/C=C\C/C=C\CCCCC)OC(=O)CCCCCCC/C=C\CCCCCC)OC(=O)CCCCC/C=C\C/C=C\C/C=C\C/C=C\C/C=C\CC. The fourth-order valence-corrected chi connectivity index (χ4v) is 12.3. The number of aliphatic hydroxyl groups is 1. The van der Waals surface area contributed by atoms with Crippen LogP contribution in [0.3, 0.4) is 0 Å². The van der Waals surface area contributed by atoms with E-state index in [-0.39, 0.29) is 25.7 Å². The van der Waals surface area contributed by atoms with Crippen LogP contribution < -0.4 is 0 Å². The van der Waals surface area contributed by atoms with E-state index in [1.807, 2.05) is 0 Å². The highest BCUT2D eigenvalue weighted by molar-refractivity contribution is 7.47. The van der Waals surface area contributed by atoms with Gasteiger partial charge < -0.3 is 33.8 Å². The summed E-state index contributed by atoms with van der Waals surface area (Å²) >= 11 is 0. The highest BCUT2D eigenvalue weighted by Crippen LogP contribution is 2.45. The fourth-order valence-electron chi connectivity index (χ4n) is 10.7. The van der Waals surface area contributed by atoms with Crippen LogP contribution in [0.2, 0.25) is 0 Å². The van der Waals surface area contributed by atoms with Crippen LogP contribution in [0.25, 0.3) is 0 Å². The van der Waals surface area contributed by atoms with Crippen molar-refractivity contribution in [2.75, 3.05) is 39.6 Å². The molecule has 0 aliphatic heterocycles. The molecule has 0 rings (SSSR count). The largest absolute Gasteiger partial charge is 0.472 e. The van der Waals surface area contributed by atoms with E-state index in [0.717, 1.165) is 199 Å². The zero-order valence-electron chi connectivity index (χ0n) is 68.6. The number of hydrogen-bond donors (Lipinski definition) is 3. The predicted molar refractivity (Wildman–Crippen MR) is 454 cm³/mol. The van der Waals surface area contributed by atoms with E-state index in [0.29, 0.717) is 25.7 Å². The first-order valence-corrected chi connectivity index (χ1v) is 45.4. The minimum Gasteiger partial charge on any atom is -0.462 e. The molecule has 0 radical (unpaired) electrons. The number of hydrogen-bond acceptors (Lipinski definition) is 15. The highest BCUT2D eigenvalue weighted by Gasteiger charge is 2.30. The average molecular weight is 1580 g/mol. The van der Waals surface area contributed by atoms with E-state index in [1.54, 1.807) is 0 Å². The Morgan fingerprint density at radius 1 is 0.264 bits per heavy atom. The van der Waals surface area contributed by atoms with Gasteiger partial charge in [0.1, 0.15) is 19.3 Å². The summed E-state index contributed by atoms with van der Waals surface area (Å²) in [4.78, 5) is 73.2. The second kappa shape index (κ2) is 81.4. The number of unbranched alkanes of at least 4 members (excludes halogenated alkanes) is 24. The lowest BCUT2D eigenvalue weighted by Crippen LogP contribution is -2.30. The molecule has 0 aromatic heterocycles. The Bertz CT molecular complexity index is 2750. The average Bonchev–Trinajstić information content (AvgIpc) is 0.900.